The molecule has 1 aromatic carbocycles. The van der Waals surface area contributed by atoms with Crippen LogP contribution in [-0.2, 0) is 0 Å². The van der Waals surface area contributed by atoms with Crippen LogP contribution in [0.5, 0.6) is 0 Å². The van der Waals surface area contributed by atoms with Crippen LogP contribution in [0.25, 0.3) is 0 Å². The Morgan fingerprint density at radius 1 is 1.46 bits per heavy atom. The topological polar surface area (TPSA) is 17.1 Å². The van der Waals surface area contributed by atoms with E-state index in [-0.39, 0.29) is 11.6 Å². The van der Waals surface area contributed by atoms with Crippen LogP contribution in [0.2, 0.25) is 0 Å². The van der Waals surface area contributed by atoms with E-state index in [1.165, 1.54) is 6.07 Å². The van der Waals surface area contributed by atoms with Gasteiger partial charge < -0.3 is 0 Å². The van der Waals surface area contributed by atoms with Crippen LogP contribution in [-0.4, -0.2) is 11.5 Å². The first-order valence-electron chi connectivity index (χ1n) is 4.14. The van der Waals surface area contributed by atoms with E-state index in [0.717, 1.165) is 10.6 Å². The van der Waals surface area contributed by atoms with Gasteiger partial charge >= 0.3 is 0 Å². The van der Waals surface area contributed by atoms with E-state index in [1.54, 1.807) is 24.8 Å². The summed E-state index contributed by atoms with van der Waals surface area (Å²) >= 11 is 1.63. The van der Waals surface area contributed by atoms with Crippen LogP contribution < -0.4 is 0 Å². The number of halogens is 1. The maximum absolute atomic E-state index is 13.1. The van der Waals surface area contributed by atoms with E-state index >= 15 is 0 Å². The summed E-state index contributed by atoms with van der Waals surface area (Å²) < 4.78 is 13.1. The van der Waals surface area contributed by atoms with Gasteiger partial charge in [0.25, 0.3) is 0 Å². The number of Topliss-reactive ketones (excluding diaryl/α,β-unsaturated/α-hetero) is 1. The molecule has 0 aliphatic carbocycles. The lowest BCUT2D eigenvalue weighted by Crippen LogP contribution is -2.09. The van der Waals surface area contributed by atoms with Gasteiger partial charge in [0.1, 0.15) is 5.82 Å². The molecule has 0 radical (unpaired) electrons. The molecular formula is C10H9FOS. The molecule has 0 bridgehead atoms. The van der Waals surface area contributed by atoms with Gasteiger partial charge in [0.15, 0.2) is 5.78 Å². The van der Waals surface area contributed by atoms with Gasteiger partial charge in [0.05, 0.1) is 0 Å². The minimum Gasteiger partial charge on any atom is -0.294 e. The van der Waals surface area contributed by atoms with Crippen LogP contribution in [0.15, 0.2) is 17.0 Å². The van der Waals surface area contributed by atoms with Crippen molar-refractivity contribution in [3.05, 3.63) is 29.1 Å². The summed E-state index contributed by atoms with van der Waals surface area (Å²) in [5.74, 6) is 0.596. The summed E-state index contributed by atoms with van der Waals surface area (Å²) in [4.78, 5) is 12.3. The van der Waals surface area contributed by atoms with Gasteiger partial charge in [-0.3, -0.25) is 4.79 Å². The summed E-state index contributed by atoms with van der Waals surface area (Å²) in [6, 6.07) is 3.12. The Balaban J connectivity index is 2.58. The Kier molecular flexibility index (Phi) is 2.12. The van der Waals surface area contributed by atoms with Crippen molar-refractivity contribution < 1.29 is 9.18 Å². The summed E-state index contributed by atoms with van der Waals surface area (Å²) in [6.45, 7) is 1.72. The fraction of sp³-hybridized carbons (Fsp3) is 0.300. The van der Waals surface area contributed by atoms with Gasteiger partial charge in [0.2, 0.25) is 0 Å². The molecule has 2 rings (SSSR count). The summed E-state index contributed by atoms with van der Waals surface area (Å²) in [7, 11) is 0. The predicted molar refractivity (Wildman–Crippen MR) is 50.8 cm³/mol. The zero-order valence-electron chi connectivity index (χ0n) is 7.26. The molecule has 68 valence electrons. The van der Waals surface area contributed by atoms with Crippen LogP contribution in [0.3, 0.4) is 0 Å². The highest BCUT2D eigenvalue weighted by Gasteiger charge is 2.18. The highest BCUT2D eigenvalue weighted by molar-refractivity contribution is 7.99. The number of benzene rings is 1. The molecule has 0 amide bonds. The van der Waals surface area contributed by atoms with E-state index in [2.05, 4.69) is 0 Å². The lowest BCUT2D eigenvalue weighted by Gasteiger charge is -2.14. The van der Waals surface area contributed by atoms with E-state index < -0.39 is 0 Å². The average Bonchev–Trinajstić information content (AvgIpc) is 2.09. The molecule has 0 atom stereocenters. The maximum atomic E-state index is 13.1. The van der Waals surface area contributed by atoms with Crippen LogP contribution in [0.1, 0.15) is 22.3 Å². The molecule has 0 saturated carbocycles. The fourth-order valence-corrected chi connectivity index (χ4v) is 2.48. The van der Waals surface area contributed by atoms with Crippen molar-refractivity contribution in [3.63, 3.8) is 0 Å². The lowest BCUT2D eigenvalue weighted by atomic mass is 10.1. The Hall–Kier alpha value is -0.830. The van der Waals surface area contributed by atoms with Gasteiger partial charge in [0, 0.05) is 22.6 Å². The van der Waals surface area contributed by atoms with Gasteiger partial charge in [-0.1, -0.05) is 0 Å². The second-order valence-electron chi connectivity index (χ2n) is 3.12. The predicted octanol–water partition coefficient (Wildman–Crippen LogP) is 2.81. The molecule has 0 N–H and O–H groups in total. The van der Waals surface area contributed by atoms with E-state index in [1.807, 2.05) is 0 Å². The SMILES string of the molecule is Cc1cc2c(cc1F)C(=O)CCS2. The number of aryl methyl sites for hydroxylation is 1. The first-order valence-corrected chi connectivity index (χ1v) is 5.13. The number of fused-ring (bicyclic) bond motifs is 1. The number of hydrogen-bond donors (Lipinski definition) is 0. The molecule has 0 fully saturated rings. The monoisotopic (exact) mass is 196 g/mol. The third-order valence-electron chi connectivity index (χ3n) is 2.15. The Morgan fingerprint density at radius 3 is 3.00 bits per heavy atom. The molecule has 3 heteroatoms. The first-order chi connectivity index (χ1) is 6.18. The molecular weight excluding hydrogens is 187 g/mol. The smallest absolute Gasteiger partial charge is 0.164 e. The zero-order chi connectivity index (χ0) is 9.42. The van der Waals surface area contributed by atoms with Crippen molar-refractivity contribution in [1.29, 1.82) is 0 Å². The standard InChI is InChI=1S/C10H9FOS/c1-6-4-10-7(5-8(6)11)9(12)2-3-13-10/h4-5H,2-3H2,1H3. The lowest BCUT2D eigenvalue weighted by molar-refractivity contribution is 0.0984. The van der Waals surface area contributed by atoms with Crippen molar-refractivity contribution in [3.8, 4) is 0 Å². The summed E-state index contributed by atoms with van der Waals surface area (Å²) in [6.07, 6.45) is 0.528. The molecule has 13 heavy (non-hydrogen) atoms. The average molecular weight is 196 g/mol. The third-order valence-corrected chi connectivity index (χ3v) is 3.20. The molecule has 1 aliphatic rings. The number of hydrogen-bond acceptors (Lipinski definition) is 2. The van der Waals surface area contributed by atoms with Crippen molar-refractivity contribution in [2.24, 2.45) is 0 Å². The van der Waals surface area contributed by atoms with Crippen molar-refractivity contribution in [2.45, 2.75) is 18.2 Å². The Morgan fingerprint density at radius 2 is 2.23 bits per heavy atom. The number of carbonyl (C=O) groups is 1. The number of carbonyl (C=O) groups excluding carboxylic acids is 1. The van der Waals surface area contributed by atoms with Gasteiger partial charge in [-0.05, 0) is 24.6 Å². The van der Waals surface area contributed by atoms with Gasteiger partial charge in [-0.25, -0.2) is 4.39 Å². The molecule has 1 heterocycles. The zero-order valence-corrected chi connectivity index (χ0v) is 8.08. The van der Waals surface area contributed by atoms with Gasteiger partial charge in [-0.2, -0.15) is 0 Å². The molecule has 1 aliphatic heterocycles. The molecule has 0 unspecified atom stereocenters. The Labute approximate surface area is 80.3 Å². The maximum Gasteiger partial charge on any atom is 0.164 e. The van der Waals surface area contributed by atoms with Crippen LogP contribution in [0, 0.1) is 12.7 Å². The number of thioether (sulfide) groups is 1. The van der Waals surface area contributed by atoms with Crippen molar-refractivity contribution >= 4 is 17.5 Å². The quantitative estimate of drug-likeness (QED) is 0.634. The highest BCUT2D eigenvalue weighted by Crippen LogP contribution is 2.31. The van der Waals surface area contributed by atoms with E-state index in [0.29, 0.717) is 17.5 Å². The van der Waals surface area contributed by atoms with Gasteiger partial charge in [-0.15, -0.1) is 11.8 Å². The third kappa shape index (κ3) is 1.48. The summed E-state index contributed by atoms with van der Waals surface area (Å²) in [5, 5.41) is 0. The van der Waals surface area contributed by atoms with Crippen LogP contribution >= 0.6 is 11.8 Å². The molecule has 0 spiro atoms. The van der Waals surface area contributed by atoms with Crippen molar-refractivity contribution in [2.75, 3.05) is 5.75 Å². The van der Waals surface area contributed by atoms with E-state index in [4.69, 9.17) is 0 Å². The molecule has 0 aromatic heterocycles. The molecule has 1 nitrogen and oxygen atoms in total. The van der Waals surface area contributed by atoms with Crippen molar-refractivity contribution in [1.82, 2.24) is 0 Å². The minimum atomic E-state index is -0.283. The fourth-order valence-electron chi connectivity index (χ4n) is 1.38. The first kappa shape index (κ1) is 8.75. The summed E-state index contributed by atoms with van der Waals surface area (Å²) in [5.41, 5.74) is 1.17. The molecule has 1 aromatic rings. The molecule has 0 saturated heterocycles. The number of rotatable bonds is 0. The van der Waals surface area contributed by atoms with Crippen LogP contribution in [0.4, 0.5) is 4.39 Å². The Bertz CT molecular complexity index is 373. The highest BCUT2D eigenvalue weighted by atomic mass is 32.2. The number of ketones is 1. The van der Waals surface area contributed by atoms with E-state index in [9.17, 15) is 9.18 Å². The second-order valence-corrected chi connectivity index (χ2v) is 4.26. The minimum absolute atomic E-state index is 0.0626. The normalized spacial score (nSPS) is 15.7. The largest absolute Gasteiger partial charge is 0.294 e. The second kappa shape index (κ2) is 3.14.